The summed E-state index contributed by atoms with van der Waals surface area (Å²) >= 11 is 0. The number of rotatable bonds is 4. The van der Waals surface area contributed by atoms with Crippen molar-refractivity contribution in [1.82, 2.24) is 0 Å². The largest absolute Gasteiger partial charge is 0.487 e. The van der Waals surface area contributed by atoms with E-state index in [1.807, 2.05) is 12.1 Å². The minimum Gasteiger partial charge on any atom is -0.487 e. The van der Waals surface area contributed by atoms with Crippen molar-refractivity contribution >= 4 is 5.91 Å². The first-order valence-electron chi connectivity index (χ1n) is 6.22. The molecule has 0 aromatic heterocycles. The highest BCUT2D eigenvalue weighted by Gasteiger charge is 2.32. The molecule has 4 N–H and O–H groups in total. The molecule has 1 aromatic carbocycles. The molecule has 0 spiro atoms. The highest BCUT2D eigenvalue weighted by atomic mass is 16.5. The van der Waals surface area contributed by atoms with Crippen LogP contribution in [0.4, 0.5) is 0 Å². The van der Waals surface area contributed by atoms with E-state index in [9.17, 15) is 4.79 Å². The monoisotopic (exact) mass is 248 g/mol. The molecular formula is C14H20N2O2. The maximum atomic E-state index is 11.3. The van der Waals surface area contributed by atoms with Gasteiger partial charge in [0.1, 0.15) is 11.4 Å². The fourth-order valence-corrected chi connectivity index (χ4v) is 2.41. The van der Waals surface area contributed by atoms with Crippen LogP contribution >= 0.6 is 0 Å². The Balaban J connectivity index is 2.27. The van der Waals surface area contributed by atoms with Crippen molar-refractivity contribution in [3.63, 3.8) is 0 Å². The topological polar surface area (TPSA) is 78.3 Å². The lowest BCUT2D eigenvalue weighted by atomic mass is 9.95. The van der Waals surface area contributed by atoms with Crippen LogP contribution in [0.5, 0.6) is 5.75 Å². The van der Waals surface area contributed by atoms with Gasteiger partial charge in [0.2, 0.25) is 5.91 Å². The molecular weight excluding hydrogens is 228 g/mol. The third-order valence-corrected chi connectivity index (χ3v) is 3.33. The van der Waals surface area contributed by atoms with Crippen LogP contribution in [-0.2, 0) is 17.6 Å². The van der Waals surface area contributed by atoms with E-state index in [4.69, 9.17) is 16.2 Å². The molecule has 0 aliphatic carbocycles. The predicted molar refractivity (Wildman–Crippen MR) is 70.3 cm³/mol. The Labute approximate surface area is 107 Å². The smallest absolute Gasteiger partial charge is 0.222 e. The summed E-state index contributed by atoms with van der Waals surface area (Å²) in [5, 5.41) is 0. The van der Waals surface area contributed by atoms with Crippen LogP contribution in [-0.4, -0.2) is 18.1 Å². The molecule has 0 fully saturated rings. The summed E-state index contributed by atoms with van der Waals surface area (Å²) < 4.78 is 5.96. The average molecular weight is 248 g/mol. The van der Waals surface area contributed by atoms with Crippen molar-refractivity contribution < 1.29 is 9.53 Å². The summed E-state index contributed by atoms with van der Waals surface area (Å²) in [5.74, 6) is 0.221. The fraction of sp³-hybridized carbons (Fsp3) is 0.500. The number of benzene rings is 1. The molecule has 1 aliphatic rings. The highest BCUT2D eigenvalue weighted by Crippen LogP contribution is 2.38. The van der Waals surface area contributed by atoms with E-state index in [2.05, 4.69) is 19.9 Å². The molecule has 4 heteroatoms. The minimum absolute atomic E-state index is 0.177. The molecule has 1 unspecified atom stereocenters. The molecule has 0 bridgehead atoms. The quantitative estimate of drug-likeness (QED) is 0.834. The molecule has 4 nitrogen and oxygen atoms in total. The van der Waals surface area contributed by atoms with Crippen LogP contribution in [0, 0.1) is 5.92 Å². The standard InChI is InChI=1S/C14H20N2O2/c1-14(2)7-10-5-3-4-9(12(10)18-14)6-11(8-15)13(16)17/h3-5,11H,6-8,15H2,1-2H3,(H2,16,17). The minimum atomic E-state index is -0.354. The third-order valence-electron chi connectivity index (χ3n) is 3.33. The summed E-state index contributed by atoms with van der Waals surface area (Å²) in [6.07, 6.45) is 1.44. The second-order valence-corrected chi connectivity index (χ2v) is 5.48. The second-order valence-electron chi connectivity index (χ2n) is 5.48. The van der Waals surface area contributed by atoms with Gasteiger partial charge in [0.15, 0.2) is 0 Å². The summed E-state index contributed by atoms with van der Waals surface area (Å²) in [6.45, 7) is 4.39. The number of hydrogen-bond acceptors (Lipinski definition) is 3. The lowest BCUT2D eigenvalue weighted by Gasteiger charge is -2.19. The molecule has 0 radical (unpaired) electrons. The molecule has 1 amide bonds. The number of hydrogen-bond donors (Lipinski definition) is 2. The van der Waals surface area contributed by atoms with E-state index in [1.54, 1.807) is 0 Å². The van der Waals surface area contributed by atoms with Crippen LogP contribution in [0.25, 0.3) is 0 Å². The van der Waals surface area contributed by atoms with E-state index >= 15 is 0 Å². The maximum Gasteiger partial charge on any atom is 0.222 e. The molecule has 1 atom stereocenters. The van der Waals surface area contributed by atoms with Gasteiger partial charge < -0.3 is 16.2 Å². The number of para-hydroxylation sites is 1. The normalized spacial score (nSPS) is 17.9. The van der Waals surface area contributed by atoms with Crippen LogP contribution in [0.3, 0.4) is 0 Å². The van der Waals surface area contributed by atoms with Gasteiger partial charge in [-0.3, -0.25) is 4.79 Å². The number of amides is 1. The van der Waals surface area contributed by atoms with Gasteiger partial charge in [-0.05, 0) is 31.4 Å². The Morgan fingerprint density at radius 3 is 2.83 bits per heavy atom. The van der Waals surface area contributed by atoms with Crippen LogP contribution in [0.1, 0.15) is 25.0 Å². The molecule has 1 heterocycles. The summed E-state index contributed by atoms with van der Waals surface area (Å²) in [6, 6.07) is 6.04. The van der Waals surface area contributed by atoms with E-state index in [1.165, 1.54) is 5.56 Å². The van der Waals surface area contributed by atoms with Crippen LogP contribution < -0.4 is 16.2 Å². The molecule has 98 valence electrons. The number of nitrogens with two attached hydrogens (primary N) is 2. The highest BCUT2D eigenvalue weighted by molar-refractivity contribution is 5.77. The zero-order valence-electron chi connectivity index (χ0n) is 10.9. The van der Waals surface area contributed by atoms with Crippen LogP contribution in [0.15, 0.2) is 18.2 Å². The number of fused-ring (bicyclic) bond motifs is 1. The van der Waals surface area contributed by atoms with Crippen molar-refractivity contribution in [3.8, 4) is 5.75 Å². The van der Waals surface area contributed by atoms with Crippen molar-refractivity contribution in [2.45, 2.75) is 32.3 Å². The van der Waals surface area contributed by atoms with Gasteiger partial charge >= 0.3 is 0 Å². The number of primary amides is 1. The Kier molecular flexibility index (Phi) is 3.30. The van der Waals surface area contributed by atoms with Crippen molar-refractivity contribution in [2.24, 2.45) is 17.4 Å². The summed E-state index contributed by atoms with van der Waals surface area (Å²) in [7, 11) is 0. The first-order chi connectivity index (χ1) is 8.43. The van der Waals surface area contributed by atoms with Gasteiger partial charge in [0.05, 0.1) is 5.92 Å². The van der Waals surface area contributed by atoms with E-state index in [0.717, 1.165) is 17.7 Å². The molecule has 2 rings (SSSR count). The molecule has 18 heavy (non-hydrogen) atoms. The van der Waals surface area contributed by atoms with Gasteiger partial charge in [-0.1, -0.05) is 18.2 Å². The van der Waals surface area contributed by atoms with Gasteiger partial charge in [-0.25, -0.2) is 0 Å². The number of carbonyl (C=O) groups is 1. The lowest BCUT2D eigenvalue weighted by Crippen LogP contribution is -2.31. The van der Waals surface area contributed by atoms with Gasteiger partial charge in [-0.15, -0.1) is 0 Å². The third kappa shape index (κ3) is 2.48. The van der Waals surface area contributed by atoms with Crippen molar-refractivity contribution in [2.75, 3.05) is 6.54 Å². The predicted octanol–water partition coefficient (Wildman–Crippen LogP) is 1.00. The van der Waals surface area contributed by atoms with E-state index in [-0.39, 0.29) is 24.0 Å². The van der Waals surface area contributed by atoms with Gasteiger partial charge in [0.25, 0.3) is 0 Å². The number of ether oxygens (including phenoxy) is 1. The first kappa shape index (κ1) is 12.9. The maximum absolute atomic E-state index is 11.3. The Morgan fingerprint density at radius 1 is 1.50 bits per heavy atom. The van der Waals surface area contributed by atoms with Crippen molar-refractivity contribution in [1.29, 1.82) is 0 Å². The Hall–Kier alpha value is -1.55. The van der Waals surface area contributed by atoms with E-state index < -0.39 is 0 Å². The average Bonchev–Trinajstić information content (AvgIpc) is 2.60. The van der Waals surface area contributed by atoms with Gasteiger partial charge in [0, 0.05) is 13.0 Å². The molecule has 1 aliphatic heterocycles. The zero-order valence-corrected chi connectivity index (χ0v) is 10.9. The number of carbonyl (C=O) groups excluding carboxylic acids is 1. The Morgan fingerprint density at radius 2 is 2.22 bits per heavy atom. The van der Waals surface area contributed by atoms with Crippen LogP contribution in [0.2, 0.25) is 0 Å². The lowest BCUT2D eigenvalue weighted by molar-refractivity contribution is -0.121. The molecule has 1 aromatic rings. The SMILES string of the molecule is CC1(C)Cc2cccc(CC(CN)C(N)=O)c2O1. The summed E-state index contributed by atoms with van der Waals surface area (Å²) in [5.41, 5.74) is 12.9. The first-order valence-corrected chi connectivity index (χ1v) is 6.22. The fourth-order valence-electron chi connectivity index (χ4n) is 2.41. The molecule has 0 saturated carbocycles. The molecule has 0 saturated heterocycles. The summed E-state index contributed by atoms with van der Waals surface area (Å²) in [4.78, 5) is 11.3. The second kappa shape index (κ2) is 4.61. The van der Waals surface area contributed by atoms with Crippen molar-refractivity contribution in [3.05, 3.63) is 29.3 Å². The Bertz CT molecular complexity index is 469. The van der Waals surface area contributed by atoms with Gasteiger partial charge in [-0.2, -0.15) is 0 Å². The zero-order chi connectivity index (χ0) is 13.3. The van der Waals surface area contributed by atoms with E-state index in [0.29, 0.717) is 6.42 Å².